The minimum absolute atomic E-state index is 0.498. The lowest BCUT2D eigenvalue weighted by molar-refractivity contribution is 0.0381. The molecule has 1 aromatic heterocycles. The van der Waals surface area contributed by atoms with E-state index in [0.29, 0.717) is 19.0 Å². The average Bonchev–Trinajstić information content (AvgIpc) is 2.71. The van der Waals surface area contributed by atoms with Crippen LogP contribution in [0, 0.1) is 5.92 Å². The van der Waals surface area contributed by atoms with Gasteiger partial charge in [0, 0.05) is 19.5 Å². The molecule has 1 unspecified atom stereocenters. The van der Waals surface area contributed by atoms with Crippen LogP contribution in [0.15, 0.2) is 0 Å². The van der Waals surface area contributed by atoms with Crippen LogP contribution in [0.3, 0.4) is 0 Å². The minimum atomic E-state index is -0.654. The molecule has 0 aliphatic carbocycles. The fraction of sp³-hybridized carbons (Fsp3) is 0.857. The van der Waals surface area contributed by atoms with Crippen molar-refractivity contribution in [3.63, 3.8) is 0 Å². The highest BCUT2D eigenvalue weighted by atomic mass is 16.3. The topological polar surface area (TPSA) is 63.0 Å². The summed E-state index contributed by atoms with van der Waals surface area (Å²) in [6.45, 7) is 8.45. The van der Waals surface area contributed by atoms with Gasteiger partial charge in [0.05, 0.1) is 12.1 Å². The first-order chi connectivity index (χ1) is 8.98. The number of aromatic nitrogens is 3. The zero-order valence-corrected chi connectivity index (χ0v) is 12.3. The molecular weight excluding hydrogens is 240 g/mol. The predicted molar refractivity (Wildman–Crippen MR) is 74.7 cm³/mol. The second-order valence-corrected chi connectivity index (χ2v) is 6.34. The fourth-order valence-electron chi connectivity index (χ4n) is 2.89. The lowest BCUT2D eigenvalue weighted by Crippen LogP contribution is -2.39. The van der Waals surface area contributed by atoms with E-state index in [1.54, 1.807) is 0 Å². The Morgan fingerprint density at radius 2 is 2.16 bits per heavy atom. The Labute approximate surface area is 115 Å². The number of nitrogens with zero attached hydrogens (tertiary/aromatic N) is 3. The summed E-state index contributed by atoms with van der Waals surface area (Å²) in [4.78, 5) is 0. The maximum absolute atomic E-state index is 10.2. The molecule has 0 spiro atoms. The van der Waals surface area contributed by atoms with Gasteiger partial charge in [0.2, 0.25) is 0 Å². The summed E-state index contributed by atoms with van der Waals surface area (Å²) >= 11 is 0. The van der Waals surface area contributed by atoms with E-state index in [1.165, 1.54) is 12.8 Å². The summed E-state index contributed by atoms with van der Waals surface area (Å²) in [5, 5.41) is 22.0. The molecule has 5 nitrogen and oxygen atoms in total. The number of rotatable bonds is 6. The Hall–Kier alpha value is -0.940. The largest absolute Gasteiger partial charge is 0.389 e. The Balaban J connectivity index is 1.84. The van der Waals surface area contributed by atoms with Crippen LogP contribution in [0.4, 0.5) is 0 Å². The standard InChI is InChI=1S/C14H26N4O/c1-11(2)8-14(3,19)10-15-9-13-17-16-12-6-4-5-7-18(12)13/h11,15,19H,4-10H2,1-3H3. The molecule has 1 aromatic rings. The van der Waals surface area contributed by atoms with Crippen molar-refractivity contribution in [3.05, 3.63) is 11.6 Å². The van der Waals surface area contributed by atoms with Crippen molar-refractivity contribution >= 4 is 0 Å². The first kappa shape index (κ1) is 14.5. The van der Waals surface area contributed by atoms with Gasteiger partial charge < -0.3 is 15.0 Å². The van der Waals surface area contributed by atoms with Crippen molar-refractivity contribution in [2.45, 2.75) is 65.1 Å². The van der Waals surface area contributed by atoms with Crippen LogP contribution in [0.1, 0.15) is 51.7 Å². The molecule has 2 heterocycles. The van der Waals surface area contributed by atoms with Gasteiger partial charge in [0.15, 0.2) is 0 Å². The molecule has 0 amide bonds. The second kappa shape index (κ2) is 6.01. The second-order valence-electron chi connectivity index (χ2n) is 6.34. The lowest BCUT2D eigenvalue weighted by Gasteiger charge is -2.25. The third kappa shape index (κ3) is 4.01. The first-order valence-corrected chi connectivity index (χ1v) is 7.32. The third-order valence-corrected chi connectivity index (χ3v) is 3.57. The van der Waals surface area contributed by atoms with Crippen LogP contribution in [0.25, 0.3) is 0 Å². The van der Waals surface area contributed by atoms with Gasteiger partial charge >= 0.3 is 0 Å². The van der Waals surface area contributed by atoms with E-state index in [4.69, 9.17) is 0 Å². The van der Waals surface area contributed by atoms with Crippen molar-refractivity contribution in [2.24, 2.45) is 5.92 Å². The van der Waals surface area contributed by atoms with Crippen LogP contribution in [0.2, 0.25) is 0 Å². The lowest BCUT2D eigenvalue weighted by atomic mass is 9.94. The van der Waals surface area contributed by atoms with E-state index in [2.05, 4.69) is 33.9 Å². The minimum Gasteiger partial charge on any atom is -0.389 e. The molecule has 2 rings (SSSR count). The highest BCUT2D eigenvalue weighted by Crippen LogP contribution is 2.16. The maximum atomic E-state index is 10.2. The number of aryl methyl sites for hydroxylation is 1. The summed E-state index contributed by atoms with van der Waals surface area (Å²) in [6, 6.07) is 0. The Kier molecular flexibility index (Phi) is 4.58. The zero-order chi connectivity index (χ0) is 13.9. The molecule has 1 aliphatic heterocycles. The molecule has 1 atom stereocenters. The van der Waals surface area contributed by atoms with Crippen LogP contribution in [-0.2, 0) is 19.5 Å². The number of hydrogen-bond donors (Lipinski definition) is 2. The Bertz CT molecular complexity index is 412. The highest BCUT2D eigenvalue weighted by molar-refractivity contribution is 4.98. The number of hydrogen-bond acceptors (Lipinski definition) is 4. The molecule has 2 N–H and O–H groups in total. The van der Waals surface area contributed by atoms with Crippen LogP contribution in [-0.4, -0.2) is 32.0 Å². The fourth-order valence-corrected chi connectivity index (χ4v) is 2.89. The van der Waals surface area contributed by atoms with Gasteiger partial charge in [-0.25, -0.2) is 0 Å². The Morgan fingerprint density at radius 3 is 2.89 bits per heavy atom. The van der Waals surface area contributed by atoms with E-state index in [-0.39, 0.29) is 0 Å². The SMILES string of the molecule is CC(C)CC(C)(O)CNCc1nnc2n1CCCC2. The smallest absolute Gasteiger partial charge is 0.147 e. The maximum Gasteiger partial charge on any atom is 0.147 e. The van der Waals surface area contributed by atoms with E-state index in [9.17, 15) is 5.11 Å². The average molecular weight is 266 g/mol. The van der Waals surface area contributed by atoms with Gasteiger partial charge in [0.25, 0.3) is 0 Å². The zero-order valence-electron chi connectivity index (χ0n) is 12.3. The molecule has 0 radical (unpaired) electrons. The molecule has 108 valence electrons. The van der Waals surface area contributed by atoms with Gasteiger partial charge in [-0.1, -0.05) is 13.8 Å². The molecular formula is C14H26N4O. The highest BCUT2D eigenvalue weighted by Gasteiger charge is 2.22. The van der Waals surface area contributed by atoms with E-state index >= 15 is 0 Å². The van der Waals surface area contributed by atoms with Crippen LogP contribution in [0.5, 0.6) is 0 Å². The summed E-state index contributed by atoms with van der Waals surface area (Å²) in [5.41, 5.74) is -0.654. The van der Waals surface area contributed by atoms with Crippen molar-refractivity contribution < 1.29 is 5.11 Å². The van der Waals surface area contributed by atoms with Crippen LogP contribution < -0.4 is 5.32 Å². The summed E-state index contributed by atoms with van der Waals surface area (Å²) in [5.74, 6) is 2.60. The van der Waals surface area contributed by atoms with Crippen molar-refractivity contribution in [2.75, 3.05) is 6.54 Å². The van der Waals surface area contributed by atoms with Gasteiger partial charge in [-0.3, -0.25) is 0 Å². The molecule has 0 saturated heterocycles. The van der Waals surface area contributed by atoms with Gasteiger partial charge in [0.1, 0.15) is 11.6 Å². The first-order valence-electron chi connectivity index (χ1n) is 7.32. The quantitative estimate of drug-likeness (QED) is 0.819. The Morgan fingerprint density at radius 1 is 1.37 bits per heavy atom. The molecule has 0 bridgehead atoms. The van der Waals surface area contributed by atoms with Crippen molar-refractivity contribution in [1.82, 2.24) is 20.1 Å². The van der Waals surface area contributed by atoms with Gasteiger partial charge in [-0.15, -0.1) is 10.2 Å². The normalized spacial score (nSPS) is 18.4. The van der Waals surface area contributed by atoms with E-state index < -0.39 is 5.60 Å². The number of nitrogens with one attached hydrogen (secondary N) is 1. The number of fused-ring (bicyclic) bond motifs is 1. The molecule has 5 heteroatoms. The van der Waals surface area contributed by atoms with E-state index in [0.717, 1.165) is 31.0 Å². The number of aliphatic hydroxyl groups is 1. The summed E-state index contributed by atoms with van der Waals surface area (Å²) in [7, 11) is 0. The molecule has 0 saturated carbocycles. The van der Waals surface area contributed by atoms with Crippen molar-refractivity contribution in [1.29, 1.82) is 0 Å². The molecule has 0 aromatic carbocycles. The van der Waals surface area contributed by atoms with E-state index in [1.807, 2.05) is 6.92 Å². The van der Waals surface area contributed by atoms with Crippen molar-refractivity contribution in [3.8, 4) is 0 Å². The summed E-state index contributed by atoms with van der Waals surface area (Å²) < 4.78 is 2.22. The molecule has 1 aliphatic rings. The molecule has 0 fully saturated rings. The predicted octanol–water partition coefficient (Wildman–Crippen LogP) is 1.50. The molecule has 19 heavy (non-hydrogen) atoms. The van der Waals surface area contributed by atoms with Crippen LogP contribution >= 0.6 is 0 Å². The summed E-state index contributed by atoms with van der Waals surface area (Å²) in [6.07, 6.45) is 4.27. The third-order valence-electron chi connectivity index (χ3n) is 3.57. The monoisotopic (exact) mass is 266 g/mol. The van der Waals surface area contributed by atoms with Gasteiger partial charge in [-0.05, 0) is 32.1 Å². The van der Waals surface area contributed by atoms with Gasteiger partial charge in [-0.2, -0.15) is 0 Å².